The van der Waals surface area contributed by atoms with Crippen molar-refractivity contribution in [2.75, 3.05) is 13.1 Å². The molecule has 1 saturated heterocycles. The minimum atomic E-state index is -3.70. The molecule has 0 aromatic heterocycles. The van der Waals surface area contributed by atoms with Gasteiger partial charge < -0.3 is 10.2 Å². The van der Waals surface area contributed by atoms with Crippen LogP contribution in [0, 0.1) is 0 Å². The Morgan fingerprint density at radius 2 is 1.88 bits per heavy atom. The van der Waals surface area contributed by atoms with Crippen molar-refractivity contribution in [1.29, 1.82) is 0 Å². The summed E-state index contributed by atoms with van der Waals surface area (Å²) in [6.45, 7) is 1.47. The highest BCUT2D eigenvalue weighted by Gasteiger charge is 2.17. The fourth-order valence-corrected chi connectivity index (χ4v) is 3.11. The molecule has 0 unspecified atom stereocenters. The molecule has 0 aliphatic carbocycles. The van der Waals surface area contributed by atoms with Gasteiger partial charge in [0.05, 0.1) is 4.90 Å². The van der Waals surface area contributed by atoms with Gasteiger partial charge in [-0.1, -0.05) is 18.6 Å². The third-order valence-corrected chi connectivity index (χ3v) is 4.95. The number of primary sulfonamides is 1. The van der Waals surface area contributed by atoms with Gasteiger partial charge in [-0.15, -0.1) is 0 Å². The second-order valence-electron chi connectivity index (χ2n) is 5.91. The predicted octanol–water partition coefficient (Wildman–Crippen LogP) is 0.743. The van der Waals surface area contributed by atoms with Crippen LogP contribution in [0.1, 0.15) is 37.7 Å². The molecule has 2 rings (SSSR count). The Kier molecular flexibility index (Phi) is 6.33. The Labute approximate surface area is 142 Å². The zero-order chi connectivity index (χ0) is 17.6. The molecule has 132 valence electrons. The van der Waals surface area contributed by atoms with E-state index in [2.05, 4.69) is 5.32 Å². The molecule has 1 fully saturated rings. The molecule has 2 amide bonds. The van der Waals surface area contributed by atoms with E-state index in [0.717, 1.165) is 31.4 Å². The van der Waals surface area contributed by atoms with Crippen LogP contribution in [0.5, 0.6) is 0 Å². The van der Waals surface area contributed by atoms with Gasteiger partial charge in [0.15, 0.2) is 0 Å². The molecular formula is C16H23N3O4S. The van der Waals surface area contributed by atoms with Crippen LogP contribution in [0.25, 0.3) is 0 Å². The van der Waals surface area contributed by atoms with Crippen LogP contribution in [-0.4, -0.2) is 38.2 Å². The van der Waals surface area contributed by atoms with E-state index in [1.54, 1.807) is 17.0 Å². The first-order valence-corrected chi connectivity index (χ1v) is 9.57. The first-order valence-electron chi connectivity index (χ1n) is 8.02. The van der Waals surface area contributed by atoms with Crippen LogP contribution in [-0.2, 0) is 26.2 Å². The van der Waals surface area contributed by atoms with Crippen molar-refractivity contribution in [1.82, 2.24) is 10.2 Å². The lowest BCUT2D eigenvalue weighted by Crippen LogP contribution is -2.34. The molecule has 0 spiro atoms. The number of nitrogens with two attached hydrogens (primary N) is 1. The summed E-state index contributed by atoms with van der Waals surface area (Å²) in [5.74, 6) is -0.0125. The summed E-state index contributed by atoms with van der Waals surface area (Å²) in [7, 11) is -3.70. The predicted molar refractivity (Wildman–Crippen MR) is 89.3 cm³/mol. The fraction of sp³-hybridized carbons (Fsp3) is 0.500. The Hall–Kier alpha value is -1.93. The van der Waals surface area contributed by atoms with Gasteiger partial charge >= 0.3 is 0 Å². The van der Waals surface area contributed by atoms with E-state index < -0.39 is 10.0 Å². The highest BCUT2D eigenvalue weighted by Crippen LogP contribution is 2.11. The van der Waals surface area contributed by atoms with Gasteiger partial charge in [0, 0.05) is 32.5 Å². The summed E-state index contributed by atoms with van der Waals surface area (Å²) in [5, 5.41) is 7.80. The number of benzene rings is 1. The number of carbonyl (C=O) groups is 2. The molecule has 1 heterocycles. The number of hydrogen-bond acceptors (Lipinski definition) is 4. The highest BCUT2D eigenvalue weighted by atomic mass is 32.2. The van der Waals surface area contributed by atoms with Gasteiger partial charge in [-0.2, -0.15) is 0 Å². The zero-order valence-corrected chi connectivity index (χ0v) is 14.3. The Morgan fingerprint density at radius 1 is 1.17 bits per heavy atom. The number of likely N-dealkylation sites (tertiary alicyclic amines) is 1. The van der Waals surface area contributed by atoms with E-state index in [9.17, 15) is 18.0 Å². The van der Waals surface area contributed by atoms with Crippen LogP contribution < -0.4 is 10.5 Å². The van der Waals surface area contributed by atoms with E-state index in [4.69, 9.17) is 5.14 Å². The lowest BCUT2D eigenvalue weighted by Gasteiger charge is -2.20. The van der Waals surface area contributed by atoms with Gasteiger partial charge in [0.2, 0.25) is 21.8 Å². The van der Waals surface area contributed by atoms with Crippen molar-refractivity contribution < 1.29 is 18.0 Å². The van der Waals surface area contributed by atoms with E-state index in [1.165, 1.54) is 12.1 Å². The molecule has 0 saturated carbocycles. The van der Waals surface area contributed by atoms with Crippen molar-refractivity contribution in [3.63, 3.8) is 0 Å². The third-order valence-electron chi connectivity index (χ3n) is 4.02. The van der Waals surface area contributed by atoms with Crippen molar-refractivity contribution >= 4 is 21.8 Å². The monoisotopic (exact) mass is 353 g/mol. The van der Waals surface area contributed by atoms with Crippen LogP contribution in [0.4, 0.5) is 0 Å². The molecule has 0 atom stereocenters. The van der Waals surface area contributed by atoms with Gasteiger partial charge in [0.25, 0.3) is 0 Å². The number of nitrogens with zero attached hydrogens (tertiary/aromatic N) is 1. The highest BCUT2D eigenvalue weighted by molar-refractivity contribution is 7.89. The molecule has 7 nitrogen and oxygen atoms in total. The van der Waals surface area contributed by atoms with E-state index in [-0.39, 0.29) is 23.1 Å². The quantitative estimate of drug-likeness (QED) is 0.786. The van der Waals surface area contributed by atoms with Gasteiger partial charge in [-0.25, -0.2) is 13.6 Å². The van der Waals surface area contributed by atoms with Crippen LogP contribution in [0.15, 0.2) is 29.2 Å². The van der Waals surface area contributed by atoms with Crippen molar-refractivity contribution in [2.45, 2.75) is 43.5 Å². The second kappa shape index (κ2) is 8.25. The van der Waals surface area contributed by atoms with Crippen molar-refractivity contribution in [3.8, 4) is 0 Å². The number of sulfonamides is 1. The molecule has 1 aliphatic heterocycles. The molecule has 8 heteroatoms. The number of amides is 2. The number of hydrogen-bond donors (Lipinski definition) is 2. The largest absolute Gasteiger partial charge is 0.352 e. The molecule has 24 heavy (non-hydrogen) atoms. The lowest BCUT2D eigenvalue weighted by molar-refractivity contribution is -0.131. The minimum Gasteiger partial charge on any atom is -0.352 e. The Balaban J connectivity index is 1.77. The summed E-state index contributed by atoms with van der Waals surface area (Å²) in [6, 6.07) is 6.04. The Morgan fingerprint density at radius 3 is 2.54 bits per heavy atom. The molecule has 3 N–H and O–H groups in total. The average molecular weight is 353 g/mol. The third kappa shape index (κ3) is 5.61. The van der Waals surface area contributed by atoms with Crippen LogP contribution >= 0.6 is 0 Å². The Bertz CT molecular complexity index is 686. The molecule has 1 aromatic carbocycles. The van der Waals surface area contributed by atoms with Crippen molar-refractivity contribution in [3.05, 3.63) is 29.8 Å². The minimum absolute atomic E-state index is 0.0391. The zero-order valence-electron chi connectivity index (χ0n) is 13.5. The fourth-order valence-electron chi connectivity index (χ4n) is 2.60. The second-order valence-corrected chi connectivity index (χ2v) is 7.47. The molecule has 1 aliphatic rings. The summed E-state index contributed by atoms with van der Waals surface area (Å²) >= 11 is 0. The van der Waals surface area contributed by atoms with Crippen LogP contribution in [0.2, 0.25) is 0 Å². The number of nitrogens with one attached hydrogen (secondary N) is 1. The summed E-state index contributed by atoms with van der Waals surface area (Å²) in [6.07, 6.45) is 3.81. The summed E-state index contributed by atoms with van der Waals surface area (Å²) < 4.78 is 22.3. The first kappa shape index (κ1) is 18.4. The van der Waals surface area contributed by atoms with Crippen molar-refractivity contribution in [2.24, 2.45) is 5.14 Å². The maximum atomic E-state index is 11.9. The molecular weight excluding hydrogens is 330 g/mol. The SMILES string of the molecule is NS(=O)(=O)c1ccc(CNC(=O)CCN2CCCCCC2=O)cc1. The maximum Gasteiger partial charge on any atom is 0.238 e. The average Bonchev–Trinajstić information content (AvgIpc) is 2.75. The standard InChI is InChI=1S/C16H23N3O4S/c17-24(22,23)14-7-5-13(6-8-14)12-18-15(20)9-11-19-10-3-1-2-4-16(19)21/h5-8H,1-4,9-12H2,(H,18,20)(H2,17,22,23). The topological polar surface area (TPSA) is 110 Å². The molecule has 1 aromatic rings. The number of rotatable bonds is 6. The summed E-state index contributed by atoms with van der Waals surface area (Å²) in [4.78, 5) is 25.6. The lowest BCUT2D eigenvalue weighted by atomic mass is 10.2. The maximum absolute atomic E-state index is 11.9. The van der Waals surface area contributed by atoms with Gasteiger partial charge in [-0.05, 0) is 30.5 Å². The van der Waals surface area contributed by atoms with E-state index in [0.29, 0.717) is 19.5 Å². The smallest absolute Gasteiger partial charge is 0.238 e. The molecule has 0 radical (unpaired) electrons. The van der Waals surface area contributed by atoms with Crippen LogP contribution in [0.3, 0.4) is 0 Å². The number of carbonyl (C=O) groups excluding carboxylic acids is 2. The first-order chi connectivity index (χ1) is 11.4. The van der Waals surface area contributed by atoms with Gasteiger partial charge in [-0.3, -0.25) is 9.59 Å². The molecule has 0 bridgehead atoms. The van der Waals surface area contributed by atoms with Gasteiger partial charge in [0.1, 0.15) is 0 Å². The van der Waals surface area contributed by atoms with E-state index in [1.807, 2.05) is 0 Å². The van der Waals surface area contributed by atoms with E-state index >= 15 is 0 Å². The summed E-state index contributed by atoms with van der Waals surface area (Å²) in [5.41, 5.74) is 0.779. The normalized spacial score (nSPS) is 15.9.